The van der Waals surface area contributed by atoms with Crippen LogP contribution in [0, 0.1) is 16.0 Å². The van der Waals surface area contributed by atoms with Crippen LogP contribution >= 0.6 is 11.6 Å². The van der Waals surface area contributed by atoms with Crippen LogP contribution in [0.5, 0.6) is 0 Å². The highest BCUT2D eigenvalue weighted by Crippen LogP contribution is 2.24. The molecule has 0 unspecified atom stereocenters. The van der Waals surface area contributed by atoms with Crippen molar-refractivity contribution in [2.45, 2.75) is 38.6 Å². The summed E-state index contributed by atoms with van der Waals surface area (Å²) in [6, 6.07) is 1.27. The van der Waals surface area contributed by atoms with Crippen molar-refractivity contribution in [3.63, 3.8) is 0 Å². The van der Waals surface area contributed by atoms with Gasteiger partial charge >= 0.3 is 0 Å². The number of rotatable bonds is 3. The van der Waals surface area contributed by atoms with Gasteiger partial charge in [-0.05, 0) is 31.6 Å². The van der Waals surface area contributed by atoms with E-state index in [0.29, 0.717) is 5.92 Å². The Kier molecular flexibility index (Phi) is 4.54. The molecule has 2 rings (SSSR count). The Morgan fingerprint density at radius 2 is 2.10 bits per heavy atom. The van der Waals surface area contributed by atoms with Crippen molar-refractivity contribution in [3.8, 4) is 0 Å². The van der Waals surface area contributed by atoms with Crippen molar-refractivity contribution in [1.82, 2.24) is 10.3 Å². The largest absolute Gasteiger partial charge is 0.349 e. The monoisotopic (exact) mass is 297 g/mol. The van der Waals surface area contributed by atoms with Crippen LogP contribution in [0.2, 0.25) is 5.15 Å². The van der Waals surface area contributed by atoms with Gasteiger partial charge < -0.3 is 5.32 Å². The molecule has 6 nitrogen and oxygen atoms in total. The van der Waals surface area contributed by atoms with Gasteiger partial charge in [-0.15, -0.1) is 0 Å². The lowest BCUT2D eigenvalue weighted by Gasteiger charge is -2.26. The fraction of sp³-hybridized carbons (Fsp3) is 0.538. The summed E-state index contributed by atoms with van der Waals surface area (Å²) in [5.74, 6) is 0.289. The Bertz CT molecular complexity index is 528. The first-order chi connectivity index (χ1) is 9.47. The van der Waals surface area contributed by atoms with E-state index < -0.39 is 10.8 Å². The molecule has 0 radical (unpaired) electrons. The summed E-state index contributed by atoms with van der Waals surface area (Å²) in [7, 11) is 0. The smallest absolute Gasteiger partial charge is 0.288 e. The van der Waals surface area contributed by atoms with E-state index >= 15 is 0 Å². The number of pyridine rings is 1. The number of amides is 1. The van der Waals surface area contributed by atoms with Crippen LogP contribution in [0.15, 0.2) is 12.3 Å². The minimum Gasteiger partial charge on any atom is -0.349 e. The molecule has 1 saturated carbocycles. The zero-order valence-electron chi connectivity index (χ0n) is 11.1. The quantitative estimate of drug-likeness (QED) is 0.528. The molecular weight excluding hydrogens is 282 g/mol. The SMILES string of the molecule is CC1CCC(NC(=O)c2cc([N+](=O)[O-])cnc2Cl)CC1. The topological polar surface area (TPSA) is 85.1 Å². The van der Waals surface area contributed by atoms with Gasteiger partial charge in [0.05, 0.1) is 10.5 Å². The zero-order valence-corrected chi connectivity index (χ0v) is 11.9. The Balaban J connectivity index is 2.08. The Hall–Kier alpha value is -1.69. The summed E-state index contributed by atoms with van der Waals surface area (Å²) in [5.41, 5.74) is -0.184. The summed E-state index contributed by atoms with van der Waals surface area (Å²) in [5, 5.41) is 13.6. The number of nitrogens with one attached hydrogen (secondary N) is 1. The van der Waals surface area contributed by atoms with E-state index in [1.54, 1.807) is 0 Å². The molecule has 20 heavy (non-hydrogen) atoms. The van der Waals surface area contributed by atoms with Crippen molar-refractivity contribution in [3.05, 3.63) is 33.1 Å². The highest BCUT2D eigenvalue weighted by molar-refractivity contribution is 6.32. The summed E-state index contributed by atoms with van der Waals surface area (Å²) in [4.78, 5) is 25.9. The Morgan fingerprint density at radius 3 is 2.70 bits per heavy atom. The van der Waals surface area contributed by atoms with Crippen LogP contribution in [0.25, 0.3) is 0 Å². The number of carbonyl (C=O) groups is 1. The summed E-state index contributed by atoms with van der Waals surface area (Å²) < 4.78 is 0. The van der Waals surface area contributed by atoms with Gasteiger partial charge in [-0.2, -0.15) is 0 Å². The maximum Gasteiger partial charge on any atom is 0.288 e. The van der Waals surface area contributed by atoms with Crippen molar-refractivity contribution in [1.29, 1.82) is 0 Å². The number of halogens is 1. The molecule has 1 amide bonds. The van der Waals surface area contributed by atoms with Crippen LogP contribution in [-0.2, 0) is 0 Å². The van der Waals surface area contributed by atoms with Crippen LogP contribution < -0.4 is 5.32 Å². The number of nitro groups is 1. The van der Waals surface area contributed by atoms with E-state index in [-0.39, 0.29) is 22.4 Å². The second-order valence-electron chi connectivity index (χ2n) is 5.22. The highest BCUT2D eigenvalue weighted by Gasteiger charge is 2.23. The lowest BCUT2D eigenvalue weighted by molar-refractivity contribution is -0.385. The third kappa shape index (κ3) is 3.45. The molecule has 1 N–H and O–H groups in total. The lowest BCUT2D eigenvalue weighted by Crippen LogP contribution is -2.37. The van der Waals surface area contributed by atoms with E-state index in [1.165, 1.54) is 0 Å². The summed E-state index contributed by atoms with van der Waals surface area (Å²) >= 11 is 5.84. The van der Waals surface area contributed by atoms with Gasteiger partial charge in [0.25, 0.3) is 11.6 Å². The van der Waals surface area contributed by atoms with Gasteiger partial charge in [0, 0.05) is 12.1 Å². The first-order valence-corrected chi connectivity index (χ1v) is 6.96. The third-order valence-electron chi connectivity index (χ3n) is 3.63. The number of nitrogens with zero attached hydrogens (tertiary/aromatic N) is 2. The standard InChI is InChI=1S/C13H16ClN3O3/c1-8-2-4-9(5-3-8)16-13(18)11-6-10(17(19)20)7-15-12(11)14/h6-9H,2-5H2,1H3,(H,16,18). The summed E-state index contributed by atoms with van der Waals surface area (Å²) in [6.07, 6.45) is 5.04. The van der Waals surface area contributed by atoms with Crippen molar-refractivity contribution in [2.75, 3.05) is 0 Å². The van der Waals surface area contributed by atoms with Crippen LogP contribution in [0.3, 0.4) is 0 Å². The van der Waals surface area contributed by atoms with Crippen LogP contribution in [0.4, 0.5) is 5.69 Å². The molecule has 0 bridgehead atoms. The average molecular weight is 298 g/mol. The first kappa shape index (κ1) is 14.7. The maximum absolute atomic E-state index is 12.1. The molecule has 1 aromatic heterocycles. The second-order valence-corrected chi connectivity index (χ2v) is 5.58. The van der Waals surface area contributed by atoms with E-state index in [9.17, 15) is 14.9 Å². The fourth-order valence-electron chi connectivity index (χ4n) is 2.36. The van der Waals surface area contributed by atoms with Gasteiger partial charge in [0.2, 0.25) is 0 Å². The molecule has 1 aromatic rings. The van der Waals surface area contributed by atoms with Crippen molar-refractivity contribution >= 4 is 23.2 Å². The molecule has 0 saturated heterocycles. The van der Waals surface area contributed by atoms with Crippen molar-refractivity contribution in [2.24, 2.45) is 5.92 Å². The normalized spacial score (nSPS) is 22.3. The van der Waals surface area contributed by atoms with E-state index in [0.717, 1.165) is 37.9 Å². The molecule has 1 fully saturated rings. The molecule has 0 aliphatic heterocycles. The van der Waals surface area contributed by atoms with Gasteiger partial charge in [-0.25, -0.2) is 4.98 Å². The Morgan fingerprint density at radius 1 is 1.45 bits per heavy atom. The molecule has 1 heterocycles. The lowest BCUT2D eigenvalue weighted by atomic mass is 9.87. The zero-order chi connectivity index (χ0) is 14.7. The van der Waals surface area contributed by atoms with Gasteiger partial charge in [0.1, 0.15) is 11.3 Å². The molecule has 1 aliphatic rings. The van der Waals surface area contributed by atoms with Gasteiger partial charge in [0.15, 0.2) is 0 Å². The fourth-order valence-corrected chi connectivity index (χ4v) is 2.55. The van der Waals surface area contributed by atoms with Crippen LogP contribution in [-0.4, -0.2) is 21.9 Å². The first-order valence-electron chi connectivity index (χ1n) is 6.58. The maximum atomic E-state index is 12.1. The molecule has 0 aromatic carbocycles. The molecule has 0 atom stereocenters. The minimum absolute atomic E-state index is 0.0164. The predicted molar refractivity (Wildman–Crippen MR) is 74.8 cm³/mol. The average Bonchev–Trinajstić information content (AvgIpc) is 2.41. The Labute approximate surface area is 121 Å². The van der Waals surface area contributed by atoms with E-state index in [4.69, 9.17) is 11.6 Å². The van der Waals surface area contributed by atoms with E-state index in [2.05, 4.69) is 17.2 Å². The predicted octanol–water partition coefficient (Wildman–Crippen LogP) is 2.95. The highest BCUT2D eigenvalue weighted by atomic mass is 35.5. The number of hydrogen-bond donors (Lipinski definition) is 1. The van der Waals surface area contributed by atoms with Crippen LogP contribution in [0.1, 0.15) is 43.0 Å². The number of carbonyl (C=O) groups excluding carboxylic acids is 1. The third-order valence-corrected chi connectivity index (χ3v) is 3.93. The summed E-state index contributed by atoms with van der Waals surface area (Å²) in [6.45, 7) is 2.19. The molecule has 1 aliphatic carbocycles. The van der Waals surface area contributed by atoms with E-state index in [1.807, 2.05) is 0 Å². The minimum atomic E-state index is -0.595. The number of hydrogen-bond acceptors (Lipinski definition) is 4. The molecule has 7 heteroatoms. The van der Waals surface area contributed by atoms with Gasteiger partial charge in [-0.1, -0.05) is 18.5 Å². The number of aromatic nitrogens is 1. The second kappa shape index (κ2) is 6.17. The molecule has 0 spiro atoms. The molecule has 108 valence electrons. The van der Waals surface area contributed by atoms with Gasteiger partial charge in [-0.3, -0.25) is 14.9 Å². The van der Waals surface area contributed by atoms with Crippen molar-refractivity contribution < 1.29 is 9.72 Å². The molecular formula is C13H16ClN3O3.